The minimum atomic E-state index is -1.22. The number of hydrogen-bond acceptors (Lipinski definition) is 3. The SMILES string of the molecule is COc1ccc([C@H]2[C@H](C)N(C(=O)O)C(=O)[C@@]2(C)C(C)(C)C)cc1Cl. The van der Waals surface area contributed by atoms with Gasteiger partial charge in [0.2, 0.25) is 5.91 Å². The molecule has 3 atom stereocenters. The van der Waals surface area contributed by atoms with E-state index in [0.717, 1.165) is 10.5 Å². The zero-order chi connectivity index (χ0) is 18.4. The molecule has 5 nitrogen and oxygen atoms in total. The molecule has 1 aliphatic rings. The third-order valence-electron chi connectivity index (χ3n) is 5.47. The molecule has 1 N–H and O–H groups in total. The number of benzene rings is 1. The summed E-state index contributed by atoms with van der Waals surface area (Å²) in [7, 11) is 1.54. The van der Waals surface area contributed by atoms with Gasteiger partial charge in [-0.15, -0.1) is 0 Å². The Morgan fingerprint density at radius 2 is 1.96 bits per heavy atom. The molecule has 1 fully saturated rings. The first-order valence-corrected chi connectivity index (χ1v) is 8.24. The van der Waals surface area contributed by atoms with Crippen LogP contribution >= 0.6 is 11.6 Å². The van der Waals surface area contributed by atoms with Crippen LogP contribution in [-0.2, 0) is 4.79 Å². The van der Waals surface area contributed by atoms with Crippen LogP contribution in [0.25, 0.3) is 0 Å². The molecule has 6 heteroatoms. The maximum absolute atomic E-state index is 13.0. The Morgan fingerprint density at radius 1 is 1.38 bits per heavy atom. The van der Waals surface area contributed by atoms with E-state index < -0.39 is 23.0 Å². The summed E-state index contributed by atoms with van der Waals surface area (Å²) in [5, 5.41) is 9.96. The number of likely N-dealkylation sites (tertiary alicyclic amines) is 1. The molecule has 0 saturated carbocycles. The molecule has 0 unspecified atom stereocenters. The van der Waals surface area contributed by atoms with Gasteiger partial charge < -0.3 is 9.84 Å². The highest BCUT2D eigenvalue weighted by molar-refractivity contribution is 6.32. The van der Waals surface area contributed by atoms with Crippen LogP contribution < -0.4 is 4.74 Å². The zero-order valence-corrected chi connectivity index (χ0v) is 15.6. The number of ether oxygens (including phenoxy) is 1. The van der Waals surface area contributed by atoms with E-state index in [1.54, 1.807) is 19.1 Å². The van der Waals surface area contributed by atoms with Crippen molar-refractivity contribution in [1.82, 2.24) is 4.90 Å². The van der Waals surface area contributed by atoms with E-state index in [1.807, 2.05) is 33.8 Å². The molecule has 1 aromatic carbocycles. The first-order valence-electron chi connectivity index (χ1n) is 7.86. The normalized spacial score (nSPS) is 27.5. The largest absolute Gasteiger partial charge is 0.495 e. The second-order valence-electron chi connectivity index (χ2n) is 7.52. The van der Waals surface area contributed by atoms with Crippen LogP contribution in [-0.4, -0.2) is 35.2 Å². The number of amides is 2. The molecule has 2 rings (SSSR count). The van der Waals surface area contributed by atoms with Crippen molar-refractivity contribution in [3.63, 3.8) is 0 Å². The van der Waals surface area contributed by atoms with Crippen LogP contribution in [0.4, 0.5) is 4.79 Å². The number of imide groups is 1. The van der Waals surface area contributed by atoms with Crippen LogP contribution in [0, 0.1) is 10.8 Å². The second-order valence-corrected chi connectivity index (χ2v) is 7.93. The maximum Gasteiger partial charge on any atom is 0.414 e. The predicted octanol–water partition coefficient (Wildman–Crippen LogP) is 4.39. The first-order chi connectivity index (χ1) is 11.0. The lowest BCUT2D eigenvalue weighted by atomic mass is 9.59. The van der Waals surface area contributed by atoms with Crippen LogP contribution in [0.3, 0.4) is 0 Å². The minimum Gasteiger partial charge on any atom is -0.495 e. The molecule has 2 amide bonds. The molecular formula is C18H24ClNO4. The van der Waals surface area contributed by atoms with Gasteiger partial charge in [0.25, 0.3) is 0 Å². The van der Waals surface area contributed by atoms with E-state index >= 15 is 0 Å². The van der Waals surface area contributed by atoms with Crippen molar-refractivity contribution in [3.05, 3.63) is 28.8 Å². The highest BCUT2D eigenvalue weighted by Gasteiger charge is 2.62. The van der Waals surface area contributed by atoms with Crippen LogP contribution in [0.5, 0.6) is 5.75 Å². The van der Waals surface area contributed by atoms with E-state index in [9.17, 15) is 14.7 Å². The number of rotatable bonds is 2. The Hall–Kier alpha value is -1.75. The van der Waals surface area contributed by atoms with Gasteiger partial charge in [-0.05, 0) is 37.0 Å². The number of carbonyl (C=O) groups is 2. The average Bonchev–Trinajstić information content (AvgIpc) is 2.66. The average molecular weight is 354 g/mol. The van der Waals surface area contributed by atoms with E-state index in [-0.39, 0.29) is 11.8 Å². The molecule has 0 aliphatic carbocycles. The van der Waals surface area contributed by atoms with Gasteiger partial charge in [0.05, 0.1) is 17.5 Å². The fraction of sp³-hybridized carbons (Fsp3) is 0.556. The number of halogens is 1. The van der Waals surface area contributed by atoms with Crippen molar-refractivity contribution < 1.29 is 19.4 Å². The third kappa shape index (κ3) is 2.55. The van der Waals surface area contributed by atoms with Crippen molar-refractivity contribution in [2.24, 2.45) is 10.8 Å². The lowest BCUT2D eigenvalue weighted by molar-refractivity contribution is -0.139. The summed E-state index contributed by atoms with van der Waals surface area (Å²) in [6.45, 7) is 9.49. The summed E-state index contributed by atoms with van der Waals surface area (Å²) in [6, 6.07) is 4.89. The molecule has 132 valence electrons. The van der Waals surface area contributed by atoms with Crippen molar-refractivity contribution in [2.75, 3.05) is 7.11 Å². The smallest absolute Gasteiger partial charge is 0.414 e. The fourth-order valence-corrected chi connectivity index (χ4v) is 4.00. The number of nitrogens with zero attached hydrogens (tertiary/aromatic N) is 1. The van der Waals surface area contributed by atoms with Gasteiger partial charge in [-0.2, -0.15) is 0 Å². The molecule has 0 bridgehead atoms. The predicted molar refractivity (Wildman–Crippen MR) is 92.6 cm³/mol. The van der Waals surface area contributed by atoms with Crippen molar-refractivity contribution in [2.45, 2.75) is 46.6 Å². The Balaban J connectivity index is 2.66. The Kier molecular flexibility index (Phi) is 4.61. The van der Waals surface area contributed by atoms with E-state index in [2.05, 4.69) is 0 Å². The van der Waals surface area contributed by atoms with E-state index in [0.29, 0.717) is 10.8 Å². The molecule has 1 saturated heterocycles. The summed E-state index contributed by atoms with van der Waals surface area (Å²) in [5.74, 6) is -0.124. The van der Waals surface area contributed by atoms with Gasteiger partial charge >= 0.3 is 6.09 Å². The lowest BCUT2D eigenvalue weighted by Gasteiger charge is -2.41. The van der Waals surface area contributed by atoms with Crippen molar-refractivity contribution in [3.8, 4) is 5.75 Å². The zero-order valence-electron chi connectivity index (χ0n) is 14.9. The van der Waals surface area contributed by atoms with Gasteiger partial charge in [-0.3, -0.25) is 4.79 Å². The summed E-state index contributed by atoms with van der Waals surface area (Å²) in [4.78, 5) is 25.6. The number of carboxylic acid groups (broad SMARTS) is 1. The summed E-state index contributed by atoms with van der Waals surface area (Å²) in [6.07, 6.45) is -1.22. The van der Waals surface area contributed by atoms with Gasteiger partial charge in [0.1, 0.15) is 5.75 Å². The van der Waals surface area contributed by atoms with E-state index in [1.165, 1.54) is 7.11 Å². The second kappa shape index (κ2) is 5.96. The monoisotopic (exact) mass is 353 g/mol. The molecule has 1 aromatic rings. The summed E-state index contributed by atoms with van der Waals surface area (Å²) >= 11 is 6.26. The van der Waals surface area contributed by atoms with Crippen LogP contribution in [0.15, 0.2) is 18.2 Å². The highest BCUT2D eigenvalue weighted by atomic mass is 35.5. The summed E-state index contributed by atoms with van der Waals surface area (Å²) < 4.78 is 5.19. The molecule has 1 aliphatic heterocycles. The van der Waals surface area contributed by atoms with Gasteiger partial charge in [0, 0.05) is 12.0 Å². The minimum absolute atomic E-state index is 0.301. The topological polar surface area (TPSA) is 66.8 Å². The number of carbonyl (C=O) groups excluding carboxylic acids is 1. The molecular weight excluding hydrogens is 330 g/mol. The molecule has 0 aromatic heterocycles. The Labute approximate surface area is 147 Å². The quantitative estimate of drug-likeness (QED) is 0.856. The number of hydrogen-bond donors (Lipinski definition) is 1. The maximum atomic E-state index is 13.0. The standard InChI is InChI=1S/C18H24ClNO4/c1-10-14(11-7-8-13(24-6)12(19)9-11)18(5,17(2,3)4)15(21)20(10)16(22)23/h7-10,14H,1-6H3,(H,22,23)/t10-,14+,18-/m0/s1. The van der Waals surface area contributed by atoms with Crippen LogP contribution in [0.1, 0.15) is 46.1 Å². The van der Waals surface area contributed by atoms with Gasteiger partial charge in [-0.25, -0.2) is 9.69 Å². The lowest BCUT2D eigenvalue weighted by Crippen LogP contribution is -2.44. The highest BCUT2D eigenvalue weighted by Crippen LogP contribution is 2.57. The number of methoxy groups -OCH3 is 1. The third-order valence-corrected chi connectivity index (χ3v) is 5.77. The fourth-order valence-electron chi connectivity index (χ4n) is 3.74. The van der Waals surface area contributed by atoms with Crippen molar-refractivity contribution >= 4 is 23.6 Å². The Bertz CT molecular complexity index is 682. The summed E-state index contributed by atoms with van der Waals surface area (Å²) in [5.41, 5.74) is -0.467. The molecule has 24 heavy (non-hydrogen) atoms. The van der Waals surface area contributed by atoms with E-state index in [4.69, 9.17) is 16.3 Å². The molecule has 0 radical (unpaired) electrons. The Morgan fingerprint density at radius 3 is 2.38 bits per heavy atom. The van der Waals surface area contributed by atoms with Gasteiger partial charge in [0.15, 0.2) is 0 Å². The molecule has 0 spiro atoms. The molecule has 1 heterocycles. The van der Waals surface area contributed by atoms with Crippen molar-refractivity contribution in [1.29, 1.82) is 0 Å². The van der Waals surface area contributed by atoms with Gasteiger partial charge in [-0.1, -0.05) is 38.4 Å². The first kappa shape index (κ1) is 18.6. The van der Waals surface area contributed by atoms with Crippen LogP contribution in [0.2, 0.25) is 5.02 Å².